The van der Waals surface area contributed by atoms with Gasteiger partial charge in [-0.3, -0.25) is 4.55 Å². The highest BCUT2D eigenvalue weighted by molar-refractivity contribution is 9.43. The highest BCUT2D eigenvalue weighted by Crippen LogP contribution is 2.82. The van der Waals surface area contributed by atoms with E-state index in [1.54, 1.807) is 0 Å². The first-order valence-electron chi connectivity index (χ1n) is 9.48. The Kier molecular flexibility index (Phi) is 29.1. The third kappa shape index (κ3) is 12.3. The van der Waals surface area contributed by atoms with Crippen molar-refractivity contribution in [3.63, 3.8) is 0 Å². The molecule has 0 atom stereocenters. The van der Waals surface area contributed by atoms with E-state index < -0.39 is 54.1 Å². The Morgan fingerprint density at radius 1 is 0.229 bits per heavy atom. The molecule has 1 N–H and O–H groups in total. The highest BCUT2D eigenvalue weighted by atomic mass is 80.0. The van der Waals surface area contributed by atoms with Gasteiger partial charge in [-0.05, 0) is 0 Å². The van der Waals surface area contributed by atoms with E-state index in [1.807, 2.05) is 0 Å². The van der Waals surface area contributed by atoms with Crippen LogP contribution in [0.3, 0.4) is 0 Å². The number of rotatable bonds is 11. The van der Waals surface area contributed by atoms with E-state index in [0.717, 1.165) is 0 Å². The molecular formula is C14H2Br30O3S. The van der Waals surface area contributed by atoms with Gasteiger partial charge in [-0.15, -0.1) is 0 Å². The Bertz CT molecular complexity index is 1130. The number of hydrogen-bond acceptors (Lipinski definition) is 2. The third-order valence-corrected chi connectivity index (χ3v) is 67.0. The lowest BCUT2D eigenvalue weighted by Gasteiger charge is -2.61. The molecule has 0 saturated heterocycles. The molecule has 292 valence electrons. The van der Waals surface area contributed by atoms with Crippen LogP contribution in [0.15, 0.2) is 0 Å². The summed E-state index contributed by atoms with van der Waals surface area (Å²) in [4.78, 5) is 0. The molecule has 0 rings (SSSR count). The fourth-order valence-electron chi connectivity index (χ4n) is 2.33. The van der Waals surface area contributed by atoms with Crippen molar-refractivity contribution < 1.29 is 13.0 Å². The predicted octanol–water partition coefficient (Wildman–Crippen LogP) is 21.6. The largest absolute Gasteiger partial charge is 0.288 e. The van der Waals surface area contributed by atoms with Gasteiger partial charge in [0, 0.05) is 0 Å². The summed E-state index contributed by atoms with van der Waals surface area (Å²) in [5.74, 6) is 0. The number of halogens is 30. The minimum absolute atomic E-state index is 0.873. The molecule has 0 bridgehead atoms. The second-order valence-electron chi connectivity index (χ2n) is 8.13. The van der Waals surface area contributed by atoms with Crippen molar-refractivity contribution in [1.82, 2.24) is 0 Å². The van der Waals surface area contributed by atoms with Gasteiger partial charge in [0.15, 0.2) is 4.29 Å². The lowest BCUT2D eigenvalue weighted by atomic mass is 10.0. The van der Waals surface area contributed by atoms with Crippen LogP contribution >= 0.6 is 478 Å². The first-order valence-corrected chi connectivity index (χ1v) is 34.4. The van der Waals surface area contributed by atoms with Crippen LogP contribution in [0.25, 0.3) is 0 Å². The average molecular weight is 2650 g/mol. The zero-order valence-corrected chi connectivity index (χ0v) is 68.5. The molecule has 0 amide bonds. The van der Waals surface area contributed by atoms with Crippen molar-refractivity contribution in [2.75, 3.05) is 0 Å². The minimum Gasteiger partial charge on any atom is -0.288 e. The lowest BCUT2D eigenvalue weighted by Crippen LogP contribution is -2.72. The summed E-state index contributed by atoms with van der Waals surface area (Å²) in [6.45, 7) is 0. The van der Waals surface area contributed by atoms with Gasteiger partial charge in [0.1, 0.15) is 38.8 Å². The van der Waals surface area contributed by atoms with Gasteiger partial charge in [-0.25, -0.2) is 8.42 Å². The quantitative estimate of drug-likeness (QED) is 0.123. The monoisotopic (exact) mass is 2620 g/mol. The molecule has 0 radical (unpaired) electrons. The zero-order valence-electron chi connectivity index (χ0n) is 20.0. The Balaban J connectivity index is 0. The average Bonchev–Trinajstić information content (AvgIpc) is 2.80. The molecule has 0 saturated carbocycles. The third-order valence-electron chi connectivity index (χ3n) is 5.05. The molecular weight excluding hydrogens is 2650 g/mol. The Hall–Kier alpha value is 14.3. The summed E-state index contributed by atoms with van der Waals surface area (Å²) < 4.78 is 8.64. The van der Waals surface area contributed by atoms with Crippen LogP contribution in [0.1, 0.15) is 0 Å². The van der Waals surface area contributed by atoms with Crippen molar-refractivity contribution in [1.29, 1.82) is 0 Å². The molecule has 0 aliphatic carbocycles. The summed E-state index contributed by atoms with van der Waals surface area (Å²) in [5, 5.41) is 0. The zero-order chi connectivity index (χ0) is 40.6. The normalized spacial score (nSPS) is 16.6. The minimum atomic E-state index is -3.12. The predicted molar refractivity (Wildman–Crippen MR) is 319 cm³/mol. The molecule has 0 aliphatic heterocycles. The van der Waals surface area contributed by atoms with Crippen molar-refractivity contribution in [2.24, 2.45) is 0 Å². The van der Waals surface area contributed by atoms with E-state index in [0.29, 0.717) is 0 Å². The number of hydrogen-bond donors (Lipinski definition) is 2. The maximum absolute atomic E-state index is 8.59. The van der Waals surface area contributed by atoms with Gasteiger partial charge in [0.05, 0.1) is 0 Å². The van der Waals surface area contributed by atoms with Crippen molar-refractivity contribution >= 4 is 489 Å². The van der Waals surface area contributed by atoms with Crippen LogP contribution in [0.4, 0.5) is 0 Å². The smallest absolute Gasteiger partial charge is 0.254 e. The fourth-order valence-corrected chi connectivity index (χ4v) is 31.0. The second kappa shape index (κ2) is 21.7. The molecule has 0 aromatic carbocycles. The Labute approximate surface area is 531 Å². The van der Waals surface area contributed by atoms with E-state index in [9.17, 15) is 0 Å². The molecule has 0 aromatic rings. The molecule has 34 heteroatoms. The van der Waals surface area contributed by atoms with Crippen LogP contribution in [-0.4, -0.2) is 56.1 Å². The van der Waals surface area contributed by atoms with Crippen LogP contribution in [0, 0.1) is 0 Å². The van der Waals surface area contributed by atoms with Gasteiger partial charge in [0.25, 0.3) is 11.0 Å². The summed E-state index contributed by atoms with van der Waals surface area (Å²) in [5.41, 5.74) is 0. The second-order valence-corrected chi connectivity index (χ2v) is 63.4. The van der Waals surface area contributed by atoms with Crippen LogP contribution in [0.5, 0.6) is 0 Å². The van der Waals surface area contributed by atoms with Gasteiger partial charge in [-0.1, -0.05) is 478 Å². The molecule has 0 aromatic heterocycles. The molecule has 3 nitrogen and oxygen atoms in total. The number of thiol groups is 1. The SMILES string of the molecule is BrC(Br)(Br)C(Br)(Br)C(Br)(Br)C(Br)(Br)C(Br)(Br)C(Br)(Br)C(Br)(Br)C(Br)(Br)C(Br)(Br)C(Br)(Br)C(Br)(Br)C(Br)(Br)C(Br)(Br)C(Br)(Br)Br.O=[SH](=O)O. The summed E-state index contributed by atoms with van der Waals surface area (Å²) in [6.07, 6.45) is 0. The summed E-state index contributed by atoms with van der Waals surface area (Å²) in [7, 11) is -3.12. The van der Waals surface area contributed by atoms with Crippen molar-refractivity contribution in [3.8, 4) is 0 Å². The molecule has 0 aliphatic rings. The fraction of sp³-hybridized carbons (Fsp3) is 1.00. The summed E-state index contributed by atoms with van der Waals surface area (Å²) >= 11 is 116. The van der Waals surface area contributed by atoms with E-state index in [1.165, 1.54) is 0 Å². The van der Waals surface area contributed by atoms with Crippen LogP contribution in [0.2, 0.25) is 0 Å². The van der Waals surface area contributed by atoms with Crippen molar-refractivity contribution in [3.05, 3.63) is 0 Å². The Morgan fingerprint density at radius 2 is 0.292 bits per heavy atom. The van der Waals surface area contributed by atoms with Crippen LogP contribution < -0.4 is 0 Å². The van der Waals surface area contributed by atoms with Crippen molar-refractivity contribution in [2.45, 2.75) is 43.1 Å². The first kappa shape index (κ1) is 64.4. The van der Waals surface area contributed by atoms with Gasteiger partial charge < -0.3 is 0 Å². The maximum Gasteiger partial charge on any atom is 0.254 e. The molecule has 0 fully saturated rings. The van der Waals surface area contributed by atoms with E-state index in [2.05, 4.69) is 478 Å². The Morgan fingerprint density at radius 3 is 0.354 bits per heavy atom. The molecule has 0 spiro atoms. The van der Waals surface area contributed by atoms with E-state index >= 15 is 0 Å². The maximum atomic E-state index is 8.59. The van der Waals surface area contributed by atoms with E-state index in [-0.39, 0.29) is 0 Å². The van der Waals surface area contributed by atoms with Gasteiger partial charge in [-0.2, -0.15) is 0 Å². The summed E-state index contributed by atoms with van der Waals surface area (Å²) in [6, 6.07) is 0. The molecule has 0 unspecified atom stereocenters. The van der Waals surface area contributed by atoms with Gasteiger partial charge in [0.2, 0.25) is 0 Å². The topological polar surface area (TPSA) is 54.4 Å². The highest BCUT2D eigenvalue weighted by Gasteiger charge is 2.82. The van der Waals surface area contributed by atoms with Gasteiger partial charge >= 0.3 is 0 Å². The standard InChI is InChI=1S/C14Br30.H2O3S/c15-1(16,3(19,20)5(23,24)7(27,28)9(31,32)11(35,36)13(39,40)41)2(17,18)4(21,22)6(25,26)8(29,30)10(33,34)12(37,38)14(42,43)44;1-4(2)3/h;4H,(H,1,2,3). The molecule has 0 heterocycles. The number of alkyl halides is 30. The van der Waals surface area contributed by atoms with Crippen LogP contribution in [-0.2, 0) is 11.0 Å². The first-order chi connectivity index (χ1) is 20.0. The molecule has 48 heavy (non-hydrogen) atoms. The lowest BCUT2D eigenvalue weighted by molar-refractivity contribution is 0.509. The van der Waals surface area contributed by atoms with E-state index in [4.69, 9.17) is 13.0 Å².